The minimum absolute atomic E-state index is 0. The van der Waals surface area contributed by atoms with Crippen LogP contribution in [-0.4, -0.2) is 97.0 Å². The zero-order chi connectivity index (χ0) is 41.0. The first-order valence-electron chi connectivity index (χ1n) is 17.7. The standard InChI is InChI=1S/C14H27NO4.C8H18N2O2.C7H15NO3.C7H14O2.2ClH/c1-10(2)9-11(3)12(16)18-8-7-15-13(17)19-14(4,5)6;1-6(2)5-7(10)8(11)12-4-3-9;1-7(2,3)11-6(10)8-4-5-9;1-5(2)4-6(3)7(8)9;;/h10-11H,7-9H2,1-6H3,(H,15,17);6-7H,3-5,9-10H2,1-2H3;9H,4-5H2,1-3H3,(H,8,10);5-6H,4H2,1-3H3,(H,8,9);2*1H/t11-;7-;;6-;;/m00.0../s1. The number of carbonyl (C=O) groups is 5. The number of ether oxygens (including phenoxy) is 4. The Hall–Kier alpha value is -2.59. The number of halogens is 2. The summed E-state index contributed by atoms with van der Waals surface area (Å²) >= 11 is 0. The molecule has 0 aromatic carbocycles. The molecule has 0 aliphatic heterocycles. The summed E-state index contributed by atoms with van der Waals surface area (Å²) in [5.74, 6) is -0.215. The van der Waals surface area contributed by atoms with Crippen molar-refractivity contribution >= 4 is 54.9 Å². The van der Waals surface area contributed by atoms with E-state index in [1.54, 1.807) is 48.5 Å². The van der Waals surface area contributed by atoms with Gasteiger partial charge in [-0.25, -0.2) is 9.59 Å². The number of rotatable bonds is 16. The molecule has 15 nitrogen and oxygen atoms in total. The topological polar surface area (TPSA) is 239 Å². The summed E-state index contributed by atoms with van der Waals surface area (Å²) in [7, 11) is 0. The lowest BCUT2D eigenvalue weighted by Crippen LogP contribution is -2.34. The van der Waals surface area contributed by atoms with Crippen LogP contribution in [0.1, 0.15) is 116 Å². The Morgan fingerprint density at radius 1 is 0.623 bits per heavy atom. The predicted molar refractivity (Wildman–Crippen MR) is 213 cm³/mol. The third-order valence-corrected chi connectivity index (χ3v) is 5.66. The van der Waals surface area contributed by atoms with Crippen LogP contribution in [0.3, 0.4) is 0 Å². The molecule has 0 aromatic rings. The van der Waals surface area contributed by atoms with E-state index in [0.717, 1.165) is 12.8 Å². The molecule has 0 saturated heterocycles. The van der Waals surface area contributed by atoms with Crippen molar-refractivity contribution in [1.82, 2.24) is 10.6 Å². The van der Waals surface area contributed by atoms with Crippen molar-refractivity contribution in [2.24, 2.45) is 41.1 Å². The molecule has 0 unspecified atom stereocenters. The number of hydrogen-bond donors (Lipinski definition) is 6. The van der Waals surface area contributed by atoms with Gasteiger partial charge in [0.15, 0.2) is 0 Å². The summed E-state index contributed by atoms with van der Waals surface area (Å²) < 4.78 is 19.8. The summed E-state index contributed by atoms with van der Waals surface area (Å²) in [6.07, 6.45) is 1.24. The Kier molecular flexibility index (Phi) is 41.4. The highest BCUT2D eigenvalue weighted by Crippen LogP contribution is 2.12. The number of alkyl carbamates (subject to hydrolysis) is 2. The number of carbonyl (C=O) groups excluding carboxylic acids is 4. The van der Waals surface area contributed by atoms with Gasteiger partial charge in [0, 0.05) is 13.1 Å². The lowest BCUT2D eigenvalue weighted by Gasteiger charge is -2.19. The van der Waals surface area contributed by atoms with E-state index in [1.807, 2.05) is 34.6 Å². The van der Waals surface area contributed by atoms with Crippen molar-refractivity contribution in [3.05, 3.63) is 0 Å². The molecule has 0 heterocycles. The van der Waals surface area contributed by atoms with Crippen molar-refractivity contribution in [3.63, 3.8) is 0 Å². The first-order chi connectivity index (χ1) is 23.2. The molecule has 320 valence electrons. The number of carboxylic acids is 1. The van der Waals surface area contributed by atoms with E-state index in [4.69, 9.17) is 40.6 Å². The van der Waals surface area contributed by atoms with E-state index in [2.05, 4.69) is 24.5 Å². The second-order valence-electron chi connectivity index (χ2n) is 15.3. The second-order valence-corrected chi connectivity index (χ2v) is 15.3. The van der Waals surface area contributed by atoms with Crippen LogP contribution < -0.4 is 22.1 Å². The lowest BCUT2D eigenvalue weighted by atomic mass is 9.99. The van der Waals surface area contributed by atoms with Gasteiger partial charge < -0.3 is 51.3 Å². The summed E-state index contributed by atoms with van der Waals surface area (Å²) in [5.41, 5.74) is 9.71. The molecule has 0 radical (unpaired) electrons. The van der Waals surface area contributed by atoms with E-state index >= 15 is 0 Å². The number of nitrogens with two attached hydrogens (primary N) is 2. The van der Waals surface area contributed by atoms with Crippen LogP contribution in [0.5, 0.6) is 0 Å². The fourth-order valence-corrected chi connectivity index (χ4v) is 3.72. The van der Waals surface area contributed by atoms with Crippen LogP contribution in [0.4, 0.5) is 9.59 Å². The molecule has 8 N–H and O–H groups in total. The first kappa shape index (κ1) is 62.4. The van der Waals surface area contributed by atoms with Crippen LogP contribution in [0.25, 0.3) is 0 Å². The van der Waals surface area contributed by atoms with Crippen LogP contribution in [0, 0.1) is 29.6 Å². The SMILES string of the molecule is CC(C)(C)OC(=O)NCCO.CC(C)C[C@H](C)C(=O)O.CC(C)C[C@H](C)C(=O)OCCNC(=O)OC(C)(C)C.CC(C)C[C@H](N)C(=O)OCCN.Cl.Cl. The Balaban J connectivity index is -0.000000143. The highest BCUT2D eigenvalue weighted by molar-refractivity contribution is 5.85. The van der Waals surface area contributed by atoms with Gasteiger partial charge in [0.2, 0.25) is 0 Å². The number of esters is 2. The van der Waals surface area contributed by atoms with Gasteiger partial charge in [-0.15, -0.1) is 24.8 Å². The van der Waals surface area contributed by atoms with Crippen molar-refractivity contribution in [2.45, 2.75) is 133 Å². The molecular weight excluding hydrogens is 735 g/mol. The number of amides is 2. The third-order valence-electron chi connectivity index (χ3n) is 5.66. The monoisotopic (exact) mass is 810 g/mol. The van der Waals surface area contributed by atoms with Gasteiger partial charge in [0.1, 0.15) is 30.5 Å². The molecule has 0 bridgehead atoms. The van der Waals surface area contributed by atoms with Crippen LogP contribution in [0.15, 0.2) is 0 Å². The first-order valence-corrected chi connectivity index (χ1v) is 17.7. The van der Waals surface area contributed by atoms with E-state index in [9.17, 15) is 24.0 Å². The van der Waals surface area contributed by atoms with Crippen molar-refractivity contribution in [1.29, 1.82) is 0 Å². The van der Waals surface area contributed by atoms with Gasteiger partial charge >= 0.3 is 30.1 Å². The Morgan fingerprint density at radius 2 is 1.00 bits per heavy atom. The van der Waals surface area contributed by atoms with Gasteiger partial charge in [-0.05, 0) is 78.6 Å². The Labute approximate surface area is 331 Å². The number of aliphatic hydroxyl groups is 1. The van der Waals surface area contributed by atoms with Crippen molar-refractivity contribution in [3.8, 4) is 0 Å². The van der Waals surface area contributed by atoms with Crippen molar-refractivity contribution < 1.29 is 53.1 Å². The minimum atomic E-state index is -0.691. The fraction of sp³-hybridized carbons (Fsp3) is 0.861. The molecule has 0 saturated carbocycles. The van der Waals surface area contributed by atoms with Crippen LogP contribution in [0.2, 0.25) is 0 Å². The summed E-state index contributed by atoms with van der Waals surface area (Å²) in [4.78, 5) is 54.9. The van der Waals surface area contributed by atoms with Crippen LogP contribution in [-0.2, 0) is 33.3 Å². The highest BCUT2D eigenvalue weighted by Gasteiger charge is 2.18. The maximum absolute atomic E-state index is 11.6. The Morgan fingerprint density at radius 3 is 1.32 bits per heavy atom. The number of aliphatic hydroxyl groups excluding tert-OH is 1. The normalized spacial score (nSPS) is 12.2. The smallest absolute Gasteiger partial charge is 0.407 e. The second kappa shape index (κ2) is 35.1. The largest absolute Gasteiger partial charge is 0.481 e. The number of aliphatic carboxylic acids is 1. The molecule has 0 fully saturated rings. The molecule has 3 atom stereocenters. The zero-order valence-electron chi connectivity index (χ0n) is 34.9. The molecule has 2 amide bonds. The molecular formula is C36H76Cl2N4O11. The lowest BCUT2D eigenvalue weighted by molar-refractivity contribution is -0.148. The predicted octanol–water partition coefficient (Wildman–Crippen LogP) is 5.70. The van der Waals surface area contributed by atoms with Gasteiger partial charge in [-0.3, -0.25) is 14.4 Å². The van der Waals surface area contributed by atoms with Crippen LogP contribution >= 0.6 is 24.8 Å². The maximum atomic E-state index is 11.6. The molecule has 17 heteroatoms. The molecule has 0 aliphatic rings. The summed E-state index contributed by atoms with van der Waals surface area (Å²) in [5, 5.41) is 21.7. The van der Waals surface area contributed by atoms with E-state index in [-0.39, 0.29) is 81.5 Å². The number of carboxylic acid groups (broad SMARTS) is 1. The van der Waals surface area contributed by atoms with Gasteiger partial charge in [0.25, 0.3) is 0 Å². The highest BCUT2D eigenvalue weighted by atomic mass is 35.5. The fourth-order valence-electron chi connectivity index (χ4n) is 3.72. The molecule has 53 heavy (non-hydrogen) atoms. The minimum Gasteiger partial charge on any atom is -0.481 e. The van der Waals surface area contributed by atoms with E-state index in [0.29, 0.717) is 30.7 Å². The average molecular weight is 812 g/mol. The van der Waals surface area contributed by atoms with Gasteiger partial charge in [0.05, 0.1) is 25.0 Å². The molecule has 0 rings (SSSR count). The number of nitrogens with one attached hydrogen (secondary N) is 2. The number of hydrogen-bond acceptors (Lipinski definition) is 12. The summed E-state index contributed by atoms with van der Waals surface area (Å²) in [6, 6.07) is -0.503. The van der Waals surface area contributed by atoms with E-state index in [1.165, 1.54) is 0 Å². The van der Waals surface area contributed by atoms with Gasteiger partial charge in [-0.2, -0.15) is 0 Å². The quantitative estimate of drug-likeness (QED) is 0.0624. The third kappa shape index (κ3) is 51.6. The molecule has 0 spiro atoms. The molecule has 0 aromatic heterocycles. The Bertz CT molecular complexity index is 959. The molecule has 0 aliphatic carbocycles. The van der Waals surface area contributed by atoms with E-state index < -0.39 is 35.4 Å². The maximum Gasteiger partial charge on any atom is 0.407 e. The zero-order valence-corrected chi connectivity index (χ0v) is 36.5. The average Bonchev–Trinajstić information content (AvgIpc) is 2.95. The summed E-state index contributed by atoms with van der Waals surface area (Å²) in [6.45, 7) is 27.7. The van der Waals surface area contributed by atoms with Gasteiger partial charge in [-0.1, -0.05) is 55.4 Å². The van der Waals surface area contributed by atoms with Crippen molar-refractivity contribution in [2.75, 3.05) is 39.5 Å².